The van der Waals surface area contributed by atoms with E-state index >= 15 is 0 Å². The van der Waals surface area contributed by atoms with E-state index in [9.17, 15) is 4.79 Å². The molecule has 0 bridgehead atoms. The van der Waals surface area contributed by atoms with Gasteiger partial charge < -0.3 is 9.64 Å². The van der Waals surface area contributed by atoms with Crippen LogP contribution < -0.4 is 9.64 Å². The van der Waals surface area contributed by atoms with Crippen molar-refractivity contribution in [3.63, 3.8) is 0 Å². The van der Waals surface area contributed by atoms with E-state index in [0.717, 1.165) is 29.1 Å². The average Bonchev–Trinajstić information content (AvgIpc) is 2.88. The first kappa shape index (κ1) is 17.8. The van der Waals surface area contributed by atoms with Crippen molar-refractivity contribution in [1.29, 1.82) is 0 Å². The highest BCUT2D eigenvalue weighted by atomic mass is 16.5. The van der Waals surface area contributed by atoms with Crippen LogP contribution in [0.1, 0.15) is 56.7 Å². The molecule has 0 saturated carbocycles. The number of carbonyl (C=O) groups excluding carboxylic acids is 1. The predicted molar refractivity (Wildman–Crippen MR) is 110 cm³/mol. The fraction of sp³-hybridized carbons (Fsp3) is 0.391. The summed E-state index contributed by atoms with van der Waals surface area (Å²) in [7, 11) is 0. The van der Waals surface area contributed by atoms with Gasteiger partial charge >= 0.3 is 0 Å². The molecule has 1 unspecified atom stereocenters. The summed E-state index contributed by atoms with van der Waals surface area (Å²) in [5, 5.41) is 0. The monoisotopic (exact) mass is 362 g/mol. The predicted octanol–water partition coefficient (Wildman–Crippen LogP) is 5.15. The number of rotatable bonds is 3. The second kappa shape index (κ2) is 6.22. The van der Waals surface area contributed by atoms with Crippen molar-refractivity contribution in [1.82, 2.24) is 0 Å². The molecule has 4 nitrogen and oxygen atoms in total. The van der Waals surface area contributed by atoms with Crippen LogP contribution in [0.5, 0.6) is 5.75 Å². The second-order valence-corrected chi connectivity index (χ2v) is 8.20. The number of hydrogen-bond acceptors (Lipinski definition) is 3. The van der Waals surface area contributed by atoms with Crippen LogP contribution in [0.3, 0.4) is 0 Å². The minimum absolute atomic E-state index is 0.00244. The van der Waals surface area contributed by atoms with Crippen LogP contribution in [0.15, 0.2) is 41.4 Å². The van der Waals surface area contributed by atoms with E-state index in [0.29, 0.717) is 18.2 Å². The summed E-state index contributed by atoms with van der Waals surface area (Å²) in [5.41, 5.74) is 5.54. The maximum atomic E-state index is 13.4. The zero-order chi connectivity index (χ0) is 19.3. The van der Waals surface area contributed by atoms with Crippen LogP contribution in [-0.2, 0) is 4.79 Å². The first-order valence-corrected chi connectivity index (χ1v) is 9.63. The van der Waals surface area contributed by atoms with Crippen molar-refractivity contribution >= 4 is 23.0 Å². The van der Waals surface area contributed by atoms with E-state index in [1.165, 1.54) is 11.1 Å². The lowest BCUT2D eigenvalue weighted by molar-refractivity contribution is -0.113. The molecular formula is C23H26N2O2. The van der Waals surface area contributed by atoms with Crippen molar-refractivity contribution in [3.8, 4) is 5.75 Å². The standard InChI is InChI=1S/C23H26N2O2/c1-6-27-17-9-7-16(8-10-17)24-20-19-12-14(2)11-18-15(3)13-23(4,5)25(21(18)19)22(20)26/h7-12,15H,6,13H2,1-5H3. The number of aliphatic imine (C=N–C) groups is 1. The quantitative estimate of drug-likeness (QED) is 0.758. The smallest absolute Gasteiger partial charge is 0.278 e. The second-order valence-electron chi connectivity index (χ2n) is 8.20. The molecule has 27 heavy (non-hydrogen) atoms. The van der Waals surface area contributed by atoms with E-state index in [1.54, 1.807) is 0 Å². The molecule has 4 rings (SSSR count). The molecule has 140 valence electrons. The van der Waals surface area contributed by atoms with Crippen molar-refractivity contribution in [2.24, 2.45) is 4.99 Å². The van der Waals surface area contributed by atoms with Crippen LogP contribution in [0.2, 0.25) is 0 Å². The lowest BCUT2D eigenvalue weighted by Crippen LogP contribution is -2.50. The average molecular weight is 362 g/mol. The molecule has 0 radical (unpaired) electrons. The van der Waals surface area contributed by atoms with Gasteiger partial charge in [0, 0.05) is 11.1 Å². The Morgan fingerprint density at radius 1 is 1.22 bits per heavy atom. The number of benzene rings is 2. The highest BCUT2D eigenvalue weighted by Crippen LogP contribution is 2.49. The minimum Gasteiger partial charge on any atom is -0.494 e. The third-order valence-corrected chi connectivity index (χ3v) is 5.50. The van der Waals surface area contributed by atoms with Crippen LogP contribution in [0, 0.1) is 6.92 Å². The molecule has 0 fully saturated rings. The molecule has 4 heteroatoms. The summed E-state index contributed by atoms with van der Waals surface area (Å²) < 4.78 is 5.50. The van der Waals surface area contributed by atoms with Gasteiger partial charge in [0.25, 0.3) is 5.91 Å². The Balaban J connectivity index is 1.85. The van der Waals surface area contributed by atoms with E-state index in [4.69, 9.17) is 9.73 Å². The molecule has 2 aromatic rings. The molecule has 0 N–H and O–H groups in total. The molecule has 1 atom stereocenters. The van der Waals surface area contributed by atoms with Crippen molar-refractivity contribution in [3.05, 3.63) is 53.1 Å². The molecule has 2 aliphatic rings. The Hall–Kier alpha value is -2.62. The summed E-state index contributed by atoms with van der Waals surface area (Å²) in [4.78, 5) is 20.1. The molecule has 0 saturated heterocycles. The fourth-order valence-electron chi connectivity index (χ4n) is 4.48. The van der Waals surface area contributed by atoms with Gasteiger partial charge in [0.2, 0.25) is 0 Å². The van der Waals surface area contributed by atoms with E-state index in [1.807, 2.05) is 36.1 Å². The van der Waals surface area contributed by atoms with Gasteiger partial charge in [-0.3, -0.25) is 4.79 Å². The van der Waals surface area contributed by atoms with Gasteiger partial charge in [-0.15, -0.1) is 0 Å². The Bertz CT molecular complexity index is 942. The summed E-state index contributed by atoms with van der Waals surface area (Å²) in [6.45, 7) is 11.2. The van der Waals surface area contributed by atoms with Gasteiger partial charge in [-0.25, -0.2) is 4.99 Å². The van der Waals surface area contributed by atoms with Gasteiger partial charge in [-0.2, -0.15) is 0 Å². The largest absolute Gasteiger partial charge is 0.494 e. The number of aryl methyl sites for hydroxylation is 1. The number of carbonyl (C=O) groups is 1. The lowest BCUT2D eigenvalue weighted by atomic mass is 9.80. The molecule has 0 spiro atoms. The van der Waals surface area contributed by atoms with Gasteiger partial charge in [-0.05, 0) is 75.9 Å². The third kappa shape index (κ3) is 2.84. The lowest BCUT2D eigenvalue weighted by Gasteiger charge is -2.43. The summed E-state index contributed by atoms with van der Waals surface area (Å²) in [5.74, 6) is 1.23. The number of nitrogens with zero attached hydrogens (tertiary/aromatic N) is 2. The molecule has 2 aliphatic heterocycles. The maximum absolute atomic E-state index is 13.4. The first-order chi connectivity index (χ1) is 12.8. The molecule has 0 aliphatic carbocycles. The normalized spacial score (nSPS) is 21.5. The number of hydrogen-bond donors (Lipinski definition) is 0. The van der Waals surface area contributed by atoms with Gasteiger partial charge in [0.1, 0.15) is 11.5 Å². The van der Waals surface area contributed by atoms with Crippen LogP contribution in [0.4, 0.5) is 11.4 Å². The number of ether oxygens (including phenoxy) is 1. The van der Waals surface area contributed by atoms with E-state index in [2.05, 4.69) is 39.8 Å². The first-order valence-electron chi connectivity index (χ1n) is 9.63. The van der Waals surface area contributed by atoms with Gasteiger partial charge in [0.05, 0.1) is 18.0 Å². The summed E-state index contributed by atoms with van der Waals surface area (Å²) >= 11 is 0. The molecule has 0 aromatic heterocycles. The zero-order valence-corrected chi connectivity index (χ0v) is 16.7. The van der Waals surface area contributed by atoms with E-state index < -0.39 is 0 Å². The molecule has 2 heterocycles. The van der Waals surface area contributed by atoms with E-state index in [-0.39, 0.29) is 11.4 Å². The highest BCUT2D eigenvalue weighted by Gasteiger charge is 2.47. The highest BCUT2D eigenvalue weighted by molar-refractivity contribution is 6.55. The van der Waals surface area contributed by atoms with Crippen LogP contribution >= 0.6 is 0 Å². The number of anilines is 1. The van der Waals surface area contributed by atoms with Gasteiger partial charge in [-0.1, -0.05) is 18.6 Å². The SMILES string of the molecule is CCOc1ccc(N=C2C(=O)N3c4c2cc(C)cc4C(C)CC3(C)C)cc1. The zero-order valence-electron chi connectivity index (χ0n) is 16.7. The molecule has 1 amide bonds. The van der Waals surface area contributed by atoms with Crippen LogP contribution in [-0.4, -0.2) is 23.8 Å². The molecular weight excluding hydrogens is 336 g/mol. The van der Waals surface area contributed by atoms with Crippen molar-refractivity contribution in [2.75, 3.05) is 11.5 Å². The van der Waals surface area contributed by atoms with Crippen molar-refractivity contribution < 1.29 is 9.53 Å². The summed E-state index contributed by atoms with van der Waals surface area (Å²) in [6.07, 6.45) is 0.949. The topological polar surface area (TPSA) is 41.9 Å². The Kier molecular flexibility index (Phi) is 4.10. The fourth-order valence-corrected chi connectivity index (χ4v) is 4.48. The summed E-state index contributed by atoms with van der Waals surface area (Å²) in [6, 6.07) is 11.9. The number of amides is 1. The third-order valence-electron chi connectivity index (χ3n) is 5.50. The Labute approximate surface area is 160 Å². The Morgan fingerprint density at radius 2 is 1.93 bits per heavy atom. The minimum atomic E-state index is -0.219. The maximum Gasteiger partial charge on any atom is 0.278 e. The van der Waals surface area contributed by atoms with Crippen molar-refractivity contribution in [2.45, 2.75) is 52.5 Å². The Morgan fingerprint density at radius 3 is 2.59 bits per heavy atom. The molecule has 2 aromatic carbocycles. The van der Waals surface area contributed by atoms with Gasteiger partial charge in [0.15, 0.2) is 0 Å². The van der Waals surface area contributed by atoms with Crippen LogP contribution in [0.25, 0.3) is 0 Å².